The van der Waals surface area contributed by atoms with Crippen LogP contribution in [0, 0.1) is 0 Å². The van der Waals surface area contributed by atoms with Gasteiger partial charge in [-0.15, -0.1) is 5.10 Å². The summed E-state index contributed by atoms with van der Waals surface area (Å²) in [6.07, 6.45) is 1.93. The highest BCUT2D eigenvalue weighted by Crippen LogP contribution is 2.22. The molecule has 10 nitrogen and oxygen atoms in total. The van der Waals surface area contributed by atoms with Crippen molar-refractivity contribution in [1.82, 2.24) is 20.3 Å². The van der Waals surface area contributed by atoms with Gasteiger partial charge >= 0.3 is 5.97 Å². The van der Waals surface area contributed by atoms with E-state index in [1.807, 2.05) is 36.4 Å². The molecule has 3 aromatic carbocycles. The number of carboxylic acids is 1. The second-order valence-corrected chi connectivity index (χ2v) is 10.0. The molecule has 0 fully saturated rings. The topological polar surface area (TPSA) is 157 Å². The molecule has 4 aromatic rings. The van der Waals surface area contributed by atoms with E-state index in [1.165, 1.54) is 16.8 Å². The van der Waals surface area contributed by atoms with Gasteiger partial charge in [0.05, 0.1) is 11.1 Å². The van der Waals surface area contributed by atoms with Crippen molar-refractivity contribution in [1.29, 1.82) is 0 Å². The highest BCUT2D eigenvalue weighted by Gasteiger charge is 2.28. The zero-order valence-corrected chi connectivity index (χ0v) is 20.5. The van der Waals surface area contributed by atoms with Crippen LogP contribution in [0.5, 0.6) is 0 Å². The van der Waals surface area contributed by atoms with Crippen LogP contribution in [0.15, 0.2) is 96.0 Å². The zero-order valence-electron chi connectivity index (χ0n) is 19.6. The Kier molecular flexibility index (Phi) is 7.75. The maximum absolute atomic E-state index is 13.4. The molecule has 2 unspecified atom stereocenters. The molecule has 0 saturated heterocycles. The lowest BCUT2D eigenvalue weighted by atomic mass is 10.0. The van der Waals surface area contributed by atoms with Crippen LogP contribution >= 0.6 is 0 Å². The van der Waals surface area contributed by atoms with Gasteiger partial charge in [-0.3, -0.25) is 4.79 Å². The van der Waals surface area contributed by atoms with Gasteiger partial charge in [0, 0.05) is 18.4 Å². The van der Waals surface area contributed by atoms with Crippen molar-refractivity contribution in [2.75, 3.05) is 0 Å². The van der Waals surface area contributed by atoms with Gasteiger partial charge in [-0.2, -0.15) is 0 Å². The molecule has 0 spiro atoms. The number of nitrogens with one attached hydrogen (secondary N) is 1. The fourth-order valence-corrected chi connectivity index (χ4v) is 4.35. The minimum Gasteiger partial charge on any atom is -0.480 e. The van der Waals surface area contributed by atoms with Gasteiger partial charge in [0.2, 0.25) is 15.9 Å². The molecule has 1 heterocycles. The monoisotopic (exact) mass is 519 g/mol. The van der Waals surface area contributed by atoms with Gasteiger partial charge in [-0.05, 0) is 23.3 Å². The number of nitrogens with two attached hydrogens (primary N) is 1. The van der Waals surface area contributed by atoms with E-state index in [1.54, 1.807) is 42.6 Å². The average Bonchev–Trinajstić information content (AvgIpc) is 3.37. The minimum atomic E-state index is -3.84. The Balaban J connectivity index is 1.60. The van der Waals surface area contributed by atoms with E-state index < -0.39 is 34.0 Å². The van der Waals surface area contributed by atoms with E-state index in [9.17, 15) is 23.1 Å². The van der Waals surface area contributed by atoms with Crippen LogP contribution in [0.4, 0.5) is 0 Å². The van der Waals surface area contributed by atoms with Crippen molar-refractivity contribution in [3.63, 3.8) is 0 Å². The van der Waals surface area contributed by atoms with E-state index in [4.69, 9.17) is 5.14 Å². The summed E-state index contributed by atoms with van der Waals surface area (Å²) in [5.41, 5.74) is 2.61. The summed E-state index contributed by atoms with van der Waals surface area (Å²) in [7, 11) is -3.84. The number of carbonyl (C=O) groups is 2. The molecule has 4 N–H and O–H groups in total. The first-order valence-electron chi connectivity index (χ1n) is 11.4. The van der Waals surface area contributed by atoms with E-state index in [0.29, 0.717) is 11.3 Å². The molecule has 2 atom stereocenters. The lowest BCUT2D eigenvalue weighted by molar-refractivity contribution is -0.142. The number of primary sulfonamides is 1. The van der Waals surface area contributed by atoms with E-state index in [0.717, 1.165) is 11.1 Å². The molecule has 0 aliphatic rings. The van der Waals surface area contributed by atoms with Gasteiger partial charge in [0.1, 0.15) is 17.8 Å². The third-order valence-corrected chi connectivity index (χ3v) is 6.71. The van der Waals surface area contributed by atoms with E-state index in [-0.39, 0.29) is 17.7 Å². The van der Waals surface area contributed by atoms with Crippen LogP contribution in [-0.4, -0.2) is 46.4 Å². The number of hydrogen-bond donors (Lipinski definition) is 3. The first kappa shape index (κ1) is 25.7. The van der Waals surface area contributed by atoms with Crippen LogP contribution < -0.4 is 10.5 Å². The Bertz CT molecular complexity index is 1470. The molecular weight excluding hydrogens is 494 g/mol. The van der Waals surface area contributed by atoms with Crippen molar-refractivity contribution in [3.05, 3.63) is 102 Å². The number of sulfonamides is 1. The number of benzene rings is 3. The molecular formula is C26H25N5O5S. The maximum atomic E-state index is 13.4. The third kappa shape index (κ3) is 6.66. The smallest absolute Gasteiger partial charge is 0.326 e. The Hall–Kier alpha value is -4.35. The molecule has 4 rings (SSSR count). The standard InChI is InChI=1S/C26H25N5O5S/c27-37(35,36)21-13-11-20(12-14-21)23-17-31(30-29-23)24(16-19-9-5-2-6-10-19)25(32)28-22(26(33)34)15-18-7-3-1-4-8-18/h1-14,17,22,24H,15-16H2,(H,28,32)(H,33,34)(H2,27,35,36). The van der Waals surface area contributed by atoms with Crippen LogP contribution in [-0.2, 0) is 32.5 Å². The number of amides is 1. The fraction of sp³-hybridized carbons (Fsp3) is 0.154. The highest BCUT2D eigenvalue weighted by molar-refractivity contribution is 7.89. The van der Waals surface area contributed by atoms with Crippen molar-refractivity contribution >= 4 is 21.9 Å². The average molecular weight is 520 g/mol. The maximum Gasteiger partial charge on any atom is 0.326 e. The molecule has 0 aliphatic carbocycles. The predicted molar refractivity (Wildman–Crippen MR) is 136 cm³/mol. The number of aliphatic carboxylic acids is 1. The van der Waals surface area contributed by atoms with Crippen LogP contribution in [0.2, 0.25) is 0 Å². The molecule has 0 saturated carbocycles. The molecule has 0 bridgehead atoms. The molecule has 0 aliphatic heterocycles. The quantitative estimate of drug-likeness (QED) is 0.290. The Morgan fingerprint density at radius 3 is 2.00 bits per heavy atom. The number of carboxylic acid groups (broad SMARTS) is 1. The molecule has 1 aromatic heterocycles. The van der Waals surface area contributed by atoms with Crippen LogP contribution in [0.1, 0.15) is 17.2 Å². The predicted octanol–water partition coefficient (Wildman–Crippen LogP) is 2.19. The summed E-state index contributed by atoms with van der Waals surface area (Å²) in [5.74, 6) is -1.67. The molecule has 37 heavy (non-hydrogen) atoms. The van der Waals surface area contributed by atoms with Crippen LogP contribution in [0.3, 0.4) is 0 Å². The Morgan fingerprint density at radius 1 is 0.892 bits per heavy atom. The highest BCUT2D eigenvalue weighted by atomic mass is 32.2. The summed E-state index contributed by atoms with van der Waals surface area (Å²) in [4.78, 5) is 25.3. The number of carbonyl (C=O) groups excluding carboxylic acids is 1. The number of rotatable bonds is 10. The van der Waals surface area contributed by atoms with Gasteiger partial charge < -0.3 is 10.4 Å². The van der Waals surface area contributed by atoms with Gasteiger partial charge in [0.15, 0.2) is 0 Å². The van der Waals surface area contributed by atoms with Crippen molar-refractivity contribution < 1.29 is 23.1 Å². The SMILES string of the molecule is NS(=O)(=O)c1ccc(-c2cn(C(Cc3ccccc3)C(=O)NC(Cc3ccccc3)C(=O)O)nn2)cc1. The lowest BCUT2D eigenvalue weighted by Gasteiger charge is -2.21. The number of hydrogen-bond acceptors (Lipinski definition) is 6. The first-order chi connectivity index (χ1) is 17.7. The summed E-state index contributed by atoms with van der Waals surface area (Å²) in [6, 6.07) is 22.1. The summed E-state index contributed by atoms with van der Waals surface area (Å²) >= 11 is 0. The summed E-state index contributed by atoms with van der Waals surface area (Å²) in [6.45, 7) is 0. The fourth-order valence-electron chi connectivity index (χ4n) is 3.84. The normalized spacial score (nSPS) is 13.0. The Labute approximate surface area is 213 Å². The molecule has 11 heteroatoms. The van der Waals surface area contributed by atoms with Crippen LogP contribution in [0.25, 0.3) is 11.3 Å². The largest absolute Gasteiger partial charge is 0.480 e. The minimum absolute atomic E-state index is 0.0388. The van der Waals surface area contributed by atoms with Gasteiger partial charge in [-0.1, -0.05) is 78.0 Å². The second kappa shape index (κ2) is 11.1. The van der Waals surface area contributed by atoms with Crippen molar-refractivity contribution in [2.24, 2.45) is 5.14 Å². The molecule has 1 amide bonds. The zero-order chi connectivity index (χ0) is 26.4. The second-order valence-electron chi connectivity index (χ2n) is 8.45. The number of nitrogens with zero attached hydrogens (tertiary/aromatic N) is 3. The van der Waals surface area contributed by atoms with Crippen molar-refractivity contribution in [3.8, 4) is 11.3 Å². The van der Waals surface area contributed by atoms with Crippen molar-refractivity contribution in [2.45, 2.75) is 29.8 Å². The van der Waals surface area contributed by atoms with E-state index in [2.05, 4.69) is 15.6 Å². The summed E-state index contributed by atoms with van der Waals surface area (Å²) in [5, 5.41) is 25.8. The lowest BCUT2D eigenvalue weighted by Crippen LogP contribution is -2.46. The Morgan fingerprint density at radius 2 is 1.46 bits per heavy atom. The first-order valence-corrected chi connectivity index (χ1v) is 12.9. The van der Waals surface area contributed by atoms with Gasteiger partial charge in [-0.25, -0.2) is 23.0 Å². The summed E-state index contributed by atoms with van der Waals surface area (Å²) < 4.78 is 24.4. The van der Waals surface area contributed by atoms with Gasteiger partial charge in [0.25, 0.3) is 0 Å². The number of aromatic nitrogens is 3. The molecule has 190 valence electrons. The third-order valence-electron chi connectivity index (χ3n) is 5.78. The molecule has 0 radical (unpaired) electrons. The van der Waals surface area contributed by atoms with E-state index >= 15 is 0 Å².